The normalized spacial score (nSPS) is 13.6. The van der Waals surface area contributed by atoms with Crippen molar-refractivity contribution in [2.45, 2.75) is 0 Å². The molecule has 2 rings (SSSR count). The third-order valence-electron chi connectivity index (χ3n) is 1.44. The van der Waals surface area contributed by atoms with Crippen LogP contribution in [0.15, 0.2) is 48.4 Å². The lowest BCUT2D eigenvalue weighted by Gasteiger charge is -1.99. The number of allylic oxidation sites excluding steroid dienone is 4. The second-order valence-electron chi connectivity index (χ2n) is 2.16. The van der Waals surface area contributed by atoms with Gasteiger partial charge < -0.3 is 4.57 Å². The minimum Gasteiger partial charge on any atom is -0.306 e. The van der Waals surface area contributed by atoms with E-state index in [1.165, 1.54) is 0 Å². The molecule has 1 aliphatic rings. The molecule has 1 aromatic rings. The molecule has 0 fully saturated rings. The minimum atomic E-state index is 1.06. The van der Waals surface area contributed by atoms with Gasteiger partial charge in [0.1, 0.15) is 0 Å². The molecule has 0 saturated carbocycles. The summed E-state index contributed by atoms with van der Waals surface area (Å²) >= 11 is 0. The molecule has 0 N–H and O–H groups in total. The molecule has 0 amide bonds. The van der Waals surface area contributed by atoms with Gasteiger partial charge in [0.05, 0.1) is 12.0 Å². The van der Waals surface area contributed by atoms with E-state index in [4.69, 9.17) is 0 Å². The van der Waals surface area contributed by atoms with E-state index in [1.807, 2.05) is 29.0 Å². The van der Waals surface area contributed by atoms with Crippen LogP contribution in [0, 0.1) is 0 Å². The van der Waals surface area contributed by atoms with Crippen LogP contribution < -0.4 is 0 Å². The Hall–Kier alpha value is -1.75. The zero-order valence-electron chi connectivity index (χ0n) is 5.86. The third kappa shape index (κ3) is 1.08. The number of hydrogen-bond donors (Lipinski definition) is 0. The highest BCUT2D eigenvalue weighted by molar-refractivity contribution is 5.59. The number of hydrogen-bond acceptors (Lipinski definition) is 1. The summed E-state index contributed by atoms with van der Waals surface area (Å²) in [5, 5.41) is 0. The van der Waals surface area contributed by atoms with Crippen molar-refractivity contribution in [1.82, 2.24) is 9.55 Å². The highest BCUT2D eigenvalue weighted by Crippen LogP contribution is 2.06. The SMILES string of the molecule is C1=C=CC(n2ccnc2)=CC=1. The molecule has 0 atom stereocenters. The van der Waals surface area contributed by atoms with E-state index in [2.05, 4.69) is 16.4 Å². The Morgan fingerprint density at radius 1 is 1.36 bits per heavy atom. The second-order valence-corrected chi connectivity index (χ2v) is 2.16. The number of rotatable bonds is 1. The van der Waals surface area contributed by atoms with Crippen LogP contribution >= 0.6 is 0 Å². The van der Waals surface area contributed by atoms with Crippen molar-refractivity contribution in [2.24, 2.45) is 0 Å². The molecule has 0 aliphatic heterocycles. The van der Waals surface area contributed by atoms with Crippen molar-refractivity contribution in [2.75, 3.05) is 0 Å². The van der Waals surface area contributed by atoms with E-state index < -0.39 is 0 Å². The Morgan fingerprint density at radius 3 is 3.00 bits per heavy atom. The Kier molecular flexibility index (Phi) is 1.35. The molecule has 0 aromatic carbocycles. The van der Waals surface area contributed by atoms with E-state index >= 15 is 0 Å². The molecule has 1 aliphatic carbocycles. The molecule has 0 bridgehead atoms. The maximum Gasteiger partial charge on any atom is 0.0991 e. The Bertz CT molecular complexity index is 370. The van der Waals surface area contributed by atoms with E-state index in [-0.39, 0.29) is 0 Å². The summed E-state index contributed by atoms with van der Waals surface area (Å²) in [6, 6.07) is 0. The Morgan fingerprint density at radius 2 is 2.36 bits per heavy atom. The van der Waals surface area contributed by atoms with Crippen molar-refractivity contribution < 1.29 is 0 Å². The topological polar surface area (TPSA) is 17.8 Å². The fourth-order valence-corrected chi connectivity index (χ4v) is 0.911. The lowest BCUT2D eigenvalue weighted by molar-refractivity contribution is 1.10. The molecule has 0 unspecified atom stereocenters. The van der Waals surface area contributed by atoms with Crippen LogP contribution in [0.2, 0.25) is 0 Å². The highest BCUT2D eigenvalue weighted by Gasteiger charge is 1.93. The number of nitrogens with zero attached hydrogens (tertiary/aromatic N) is 2. The van der Waals surface area contributed by atoms with Gasteiger partial charge in [-0.1, -0.05) is 11.5 Å². The molecule has 1 heterocycles. The van der Waals surface area contributed by atoms with Gasteiger partial charge in [0.15, 0.2) is 0 Å². The molecule has 1 aromatic heterocycles. The predicted octanol–water partition coefficient (Wildman–Crippen LogP) is 1.60. The molecule has 11 heavy (non-hydrogen) atoms. The first-order chi connectivity index (χ1) is 5.47. The summed E-state index contributed by atoms with van der Waals surface area (Å²) in [5.41, 5.74) is 6.77. The first-order valence-electron chi connectivity index (χ1n) is 3.33. The lowest BCUT2D eigenvalue weighted by atomic mass is 10.3. The summed E-state index contributed by atoms with van der Waals surface area (Å²) in [6.45, 7) is 0. The van der Waals surface area contributed by atoms with Crippen molar-refractivity contribution in [3.05, 3.63) is 48.4 Å². The Labute approximate surface area is 64.5 Å². The number of aromatic nitrogens is 2. The van der Waals surface area contributed by atoms with Gasteiger partial charge in [-0.05, 0) is 12.2 Å². The summed E-state index contributed by atoms with van der Waals surface area (Å²) in [5.74, 6) is 0. The summed E-state index contributed by atoms with van der Waals surface area (Å²) in [6.07, 6.45) is 11.0. The van der Waals surface area contributed by atoms with E-state index in [1.54, 1.807) is 12.5 Å². The summed E-state index contributed by atoms with van der Waals surface area (Å²) in [4.78, 5) is 3.94. The van der Waals surface area contributed by atoms with Crippen molar-refractivity contribution in [1.29, 1.82) is 0 Å². The fraction of sp³-hybridized carbons (Fsp3) is 0. The molecule has 2 nitrogen and oxygen atoms in total. The minimum absolute atomic E-state index is 1.06. The van der Waals surface area contributed by atoms with Gasteiger partial charge in [-0.3, -0.25) is 0 Å². The fourth-order valence-electron chi connectivity index (χ4n) is 0.911. The van der Waals surface area contributed by atoms with Gasteiger partial charge in [-0.15, -0.1) is 0 Å². The van der Waals surface area contributed by atoms with Crippen molar-refractivity contribution in [3.8, 4) is 0 Å². The van der Waals surface area contributed by atoms with Gasteiger partial charge >= 0.3 is 0 Å². The quantitative estimate of drug-likeness (QED) is 0.544. The van der Waals surface area contributed by atoms with Crippen LogP contribution in [-0.4, -0.2) is 9.55 Å². The standard InChI is InChI=1S/C9H6N2/c1-2-4-9(5-3-1)11-7-6-10-8-11/h2,4-8H. The average molecular weight is 142 g/mol. The molecule has 2 heteroatoms. The first kappa shape index (κ1) is 5.99. The first-order valence-corrected chi connectivity index (χ1v) is 3.33. The highest BCUT2D eigenvalue weighted by atomic mass is 15.0. The van der Waals surface area contributed by atoms with Crippen LogP contribution in [0.4, 0.5) is 0 Å². The summed E-state index contributed by atoms with van der Waals surface area (Å²) in [7, 11) is 0. The van der Waals surface area contributed by atoms with E-state index in [0.717, 1.165) is 5.70 Å². The second kappa shape index (κ2) is 2.47. The lowest BCUT2D eigenvalue weighted by Crippen LogP contribution is -1.89. The molecular formula is C9H6N2. The zero-order chi connectivity index (χ0) is 7.52. The van der Waals surface area contributed by atoms with Crippen molar-refractivity contribution in [3.63, 3.8) is 0 Å². The Balaban J connectivity index is 2.41. The van der Waals surface area contributed by atoms with Crippen molar-refractivity contribution >= 4 is 5.70 Å². The smallest absolute Gasteiger partial charge is 0.0991 e. The van der Waals surface area contributed by atoms with E-state index in [0.29, 0.717) is 0 Å². The van der Waals surface area contributed by atoms with Crippen LogP contribution in [0.3, 0.4) is 0 Å². The molecular weight excluding hydrogens is 136 g/mol. The van der Waals surface area contributed by atoms with Gasteiger partial charge in [-0.2, -0.15) is 0 Å². The van der Waals surface area contributed by atoms with Crippen LogP contribution in [-0.2, 0) is 0 Å². The average Bonchev–Trinajstić information content (AvgIpc) is 2.58. The number of imidazole rings is 1. The van der Waals surface area contributed by atoms with Crippen LogP contribution in [0.1, 0.15) is 0 Å². The van der Waals surface area contributed by atoms with Gasteiger partial charge in [-0.25, -0.2) is 4.98 Å². The maximum atomic E-state index is 3.94. The predicted molar refractivity (Wildman–Crippen MR) is 42.7 cm³/mol. The summed E-state index contributed by atoms with van der Waals surface area (Å²) < 4.78 is 1.92. The third-order valence-corrected chi connectivity index (χ3v) is 1.44. The van der Waals surface area contributed by atoms with Gasteiger partial charge in [0, 0.05) is 18.5 Å². The molecule has 0 spiro atoms. The zero-order valence-corrected chi connectivity index (χ0v) is 5.86. The monoisotopic (exact) mass is 142 g/mol. The molecule has 0 radical (unpaired) electrons. The van der Waals surface area contributed by atoms with Gasteiger partial charge in [0.25, 0.3) is 0 Å². The van der Waals surface area contributed by atoms with Gasteiger partial charge in [0.2, 0.25) is 0 Å². The van der Waals surface area contributed by atoms with Crippen LogP contribution in [0.5, 0.6) is 0 Å². The largest absolute Gasteiger partial charge is 0.306 e. The van der Waals surface area contributed by atoms with E-state index in [9.17, 15) is 0 Å². The molecule has 0 saturated heterocycles. The van der Waals surface area contributed by atoms with Crippen LogP contribution in [0.25, 0.3) is 5.70 Å². The maximum absolute atomic E-state index is 3.94. The molecule has 52 valence electrons.